The number of fused-ring (bicyclic) bond motifs is 1. The van der Waals surface area contributed by atoms with Gasteiger partial charge in [-0.25, -0.2) is 13.1 Å². The molecule has 0 fully saturated rings. The van der Waals surface area contributed by atoms with Crippen molar-refractivity contribution in [3.05, 3.63) is 47.3 Å². The van der Waals surface area contributed by atoms with Crippen molar-refractivity contribution in [1.29, 1.82) is 0 Å². The van der Waals surface area contributed by atoms with Gasteiger partial charge in [-0.3, -0.25) is 4.79 Å². The van der Waals surface area contributed by atoms with Crippen molar-refractivity contribution in [2.75, 3.05) is 0 Å². The van der Waals surface area contributed by atoms with Gasteiger partial charge in [-0.05, 0) is 12.1 Å². The highest BCUT2D eigenvalue weighted by atomic mass is 32.2. The van der Waals surface area contributed by atoms with Crippen LogP contribution in [-0.4, -0.2) is 24.5 Å². The van der Waals surface area contributed by atoms with Crippen LogP contribution in [0.1, 0.15) is 21.6 Å². The lowest BCUT2D eigenvalue weighted by Gasteiger charge is -2.05. The topological polar surface area (TPSA) is 69.0 Å². The molecule has 0 unspecified atom stereocenters. The minimum Gasteiger partial charge on any atom is -0.298 e. The molecule has 1 aromatic heterocycles. The molecule has 1 aliphatic rings. The minimum atomic E-state index is -3.04. The van der Waals surface area contributed by atoms with Crippen molar-refractivity contribution in [1.82, 2.24) is 9.78 Å². The molecular formula is C12H10N2O3S. The minimum absolute atomic E-state index is 0.00759. The predicted octanol–water partition coefficient (Wildman–Crippen LogP) is 1.11. The van der Waals surface area contributed by atoms with Crippen LogP contribution < -0.4 is 0 Å². The van der Waals surface area contributed by atoms with Crippen LogP contribution in [0.5, 0.6) is 0 Å². The van der Waals surface area contributed by atoms with Crippen molar-refractivity contribution < 1.29 is 13.2 Å². The fourth-order valence-corrected chi connectivity index (χ4v) is 3.67. The van der Waals surface area contributed by atoms with Crippen molar-refractivity contribution >= 4 is 16.1 Å². The Hall–Kier alpha value is -1.95. The Bertz CT molecular complexity index is 732. The van der Waals surface area contributed by atoms with Crippen LogP contribution in [0.25, 0.3) is 5.69 Å². The third kappa shape index (κ3) is 1.74. The van der Waals surface area contributed by atoms with Crippen LogP contribution in [0.15, 0.2) is 30.5 Å². The molecule has 6 heteroatoms. The second-order valence-corrected chi connectivity index (χ2v) is 6.34. The molecule has 0 saturated heterocycles. The second kappa shape index (κ2) is 3.78. The fourth-order valence-electron chi connectivity index (χ4n) is 2.13. The molecule has 2 heterocycles. The summed E-state index contributed by atoms with van der Waals surface area (Å²) in [6.45, 7) is 0. The van der Waals surface area contributed by atoms with E-state index < -0.39 is 9.84 Å². The fraction of sp³-hybridized carbons (Fsp3) is 0.167. The van der Waals surface area contributed by atoms with E-state index in [0.717, 1.165) is 11.8 Å². The van der Waals surface area contributed by atoms with Gasteiger partial charge in [0.15, 0.2) is 9.84 Å². The van der Waals surface area contributed by atoms with Gasteiger partial charge in [0, 0.05) is 11.1 Å². The molecule has 5 nitrogen and oxygen atoms in total. The van der Waals surface area contributed by atoms with Crippen LogP contribution in [0, 0.1) is 0 Å². The number of carbonyl (C=O) groups is 1. The Kier molecular flexibility index (Phi) is 2.34. The zero-order valence-electron chi connectivity index (χ0n) is 9.41. The molecule has 18 heavy (non-hydrogen) atoms. The van der Waals surface area contributed by atoms with E-state index in [1.165, 1.54) is 0 Å². The van der Waals surface area contributed by atoms with E-state index in [9.17, 15) is 13.2 Å². The van der Waals surface area contributed by atoms with Crippen LogP contribution in [0.2, 0.25) is 0 Å². The molecule has 0 saturated carbocycles. The van der Waals surface area contributed by atoms with Crippen molar-refractivity contribution in [3.63, 3.8) is 0 Å². The van der Waals surface area contributed by atoms with E-state index >= 15 is 0 Å². The maximum atomic E-state index is 11.6. The van der Waals surface area contributed by atoms with E-state index in [4.69, 9.17) is 0 Å². The lowest BCUT2D eigenvalue weighted by molar-refractivity contribution is 0.112. The normalized spacial score (nSPS) is 16.4. The van der Waals surface area contributed by atoms with Gasteiger partial charge < -0.3 is 0 Å². The van der Waals surface area contributed by atoms with E-state index in [0.29, 0.717) is 16.9 Å². The number of aromatic nitrogens is 2. The number of nitrogens with zero attached hydrogens (tertiary/aromatic N) is 2. The summed E-state index contributed by atoms with van der Waals surface area (Å²) in [5.41, 5.74) is 2.68. The van der Waals surface area contributed by atoms with Crippen molar-refractivity contribution in [2.24, 2.45) is 0 Å². The van der Waals surface area contributed by atoms with Gasteiger partial charge in [-0.15, -0.1) is 0 Å². The standard InChI is InChI=1S/C12H10N2O3S/c15-6-9-2-1-3-11(4-9)14-12-8-18(16,17)7-10(12)5-13-14/h1-6H,7-8H2. The molecule has 0 radical (unpaired) electrons. The Morgan fingerprint density at radius 1 is 1.28 bits per heavy atom. The number of rotatable bonds is 2. The molecular weight excluding hydrogens is 252 g/mol. The Labute approximate surface area is 104 Å². The van der Waals surface area contributed by atoms with Gasteiger partial charge in [0.2, 0.25) is 0 Å². The van der Waals surface area contributed by atoms with Crippen molar-refractivity contribution in [2.45, 2.75) is 11.5 Å². The molecule has 1 aliphatic heterocycles. The molecule has 0 bridgehead atoms. The molecule has 0 amide bonds. The van der Waals surface area contributed by atoms with Crippen LogP contribution in [0.3, 0.4) is 0 Å². The summed E-state index contributed by atoms with van der Waals surface area (Å²) < 4.78 is 24.7. The van der Waals surface area contributed by atoms with Crippen LogP contribution in [0.4, 0.5) is 0 Å². The lowest BCUT2D eigenvalue weighted by Crippen LogP contribution is -2.05. The van der Waals surface area contributed by atoms with Crippen molar-refractivity contribution in [3.8, 4) is 5.69 Å². The lowest BCUT2D eigenvalue weighted by atomic mass is 10.2. The maximum Gasteiger partial charge on any atom is 0.160 e. The average Bonchev–Trinajstić information content (AvgIpc) is 2.84. The monoisotopic (exact) mass is 262 g/mol. The number of benzene rings is 1. The molecule has 0 N–H and O–H groups in total. The first-order valence-electron chi connectivity index (χ1n) is 5.41. The third-order valence-electron chi connectivity index (χ3n) is 2.94. The Morgan fingerprint density at radius 2 is 2.11 bits per heavy atom. The molecule has 1 aromatic carbocycles. The van der Waals surface area contributed by atoms with Gasteiger partial charge >= 0.3 is 0 Å². The van der Waals surface area contributed by atoms with Gasteiger partial charge in [0.05, 0.1) is 29.1 Å². The highest BCUT2D eigenvalue weighted by Crippen LogP contribution is 2.26. The van der Waals surface area contributed by atoms with E-state index in [-0.39, 0.29) is 11.5 Å². The van der Waals surface area contributed by atoms with Gasteiger partial charge in [-0.2, -0.15) is 5.10 Å². The number of hydrogen-bond acceptors (Lipinski definition) is 4. The highest BCUT2D eigenvalue weighted by molar-refractivity contribution is 7.90. The molecule has 92 valence electrons. The molecule has 0 aliphatic carbocycles. The Morgan fingerprint density at radius 3 is 2.89 bits per heavy atom. The number of carbonyl (C=O) groups excluding carboxylic acids is 1. The first kappa shape index (κ1) is 11.2. The van der Waals surface area contributed by atoms with Gasteiger partial charge in [-0.1, -0.05) is 12.1 Å². The number of aldehydes is 1. The summed E-state index contributed by atoms with van der Waals surface area (Å²) in [4.78, 5) is 10.7. The molecule has 2 aromatic rings. The largest absolute Gasteiger partial charge is 0.298 e. The highest BCUT2D eigenvalue weighted by Gasteiger charge is 2.29. The maximum absolute atomic E-state index is 11.6. The smallest absolute Gasteiger partial charge is 0.160 e. The number of sulfone groups is 1. The zero-order valence-corrected chi connectivity index (χ0v) is 10.2. The second-order valence-electron chi connectivity index (χ2n) is 4.27. The molecule has 0 atom stereocenters. The van der Waals surface area contributed by atoms with Gasteiger partial charge in [0.25, 0.3) is 0 Å². The first-order chi connectivity index (χ1) is 8.59. The summed E-state index contributed by atoms with van der Waals surface area (Å²) >= 11 is 0. The predicted molar refractivity (Wildman–Crippen MR) is 65.3 cm³/mol. The van der Waals surface area contributed by atoms with E-state index in [2.05, 4.69) is 5.10 Å². The summed E-state index contributed by atoms with van der Waals surface area (Å²) in [6, 6.07) is 6.92. The number of hydrogen-bond donors (Lipinski definition) is 0. The molecule has 0 spiro atoms. The Balaban J connectivity index is 2.12. The summed E-state index contributed by atoms with van der Waals surface area (Å²) in [7, 11) is -3.04. The SMILES string of the molecule is O=Cc1cccc(-n2ncc3c2CS(=O)(=O)C3)c1. The quantitative estimate of drug-likeness (QED) is 0.760. The van der Waals surface area contributed by atoms with Crippen LogP contribution in [-0.2, 0) is 21.3 Å². The summed E-state index contributed by atoms with van der Waals surface area (Å²) in [5.74, 6) is 0.0589. The summed E-state index contributed by atoms with van der Waals surface area (Å²) in [5, 5.41) is 4.19. The average molecular weight is 262 g/mol. The van der Waals surface area contributed by atoms with E-state index in [1.54, 1.807) is 35.1 Å². The third-order valence-corrected chi connectivity index (χ3v) is 4.40. The van der Waals surface area contributed by atoms with E-state index in [1.807, 2.05) is 0 Å². The zero-order chi connectivity index (χ0) is 12.8. The summed E-state index contributed by atoms with van der Waals surface area (Å²) in [6.07, 6.45) is 2.33. The first-order valence-corrected chi connectivity index (χ1v) is 7.23. The van der Waals surface area contributed by atoms with Gasteiger partial charge in [0.1, 0.15) is 6.29 Å². The van der Waals surface area contributed by atoms with Crippen LogP contribution >= 0.6 is 0 Å². The molecule has 3 rings (SSSR count).